The first-order chi connectivity index (χ1) is 11.3. The molecule has 0 saturated heterocycles. The molecule has 0 amide bonds. The minimum absolute atomic E-state index is 0. The van der Waals surface area contributed by atoms with Crippen LogP contribution in [0.15, 0.2) is 29.3 Å². The lowest BCUT2D eigenvalue weighted by molar-refractivity contribution is -0.132. The highest BCUT2D eigenvalue weighted by Crippen LogP contribution is 2.44. The van der Waals surface area contributed by atoms with Gasteiger partial charge in [0.05, 0.1) is 13.0 Å². The second-order valence-electron chi connectivity index (χ2n) is 6.13. The highest BCUT2D eigenvalue weighted by molar-refractivity contribution is 14.0. The van der Waals surface area contributed by atoms with Crippen LogP contribution in [0.1, 0.15) is 38.2 Å². The van der Waals surface area contributed by atoms with Crippen LogP contribution in [0, 0.1) is 5.82 Å². The lowest BCUT2D eigenvalue weighted by atomic mass is 9.64. The van der Waals surface area contributed by atoms with Crippen molar-refractivity contribution in [1.29, 1.82) is 0 Å². The molecule has 1 aromatic rings. The van der Waals surface area contributed by atoms with E-state index in [1.165, 1.54) is 12.1 Å². The number of halogens is 5. The van der Waals surface area contributed by atoms with E-state index in [2.05, 4.69) is 15.6 Å². The molecule has 8 heteroatoms. The van der Waals surface area contributed by atoms with Gasteiger partial charge in [0, 0.05) is 18.5 Å². The smallest absolute Gasteiger partial charge is 0.357 e. The van der Waals surface area contributed by atoms with Crippen LogP contribution in [0.25, 0.3) is 0 Å². The Labute approximate surface area is 162 Å². The first-order valence-corrected chi connectivity index (χ1v) is 8.20. The van der Waals surface area contributed by atoms with Crippen molar-refractivity contribution in [3.05, 3.63) is 35.6 Å². The molecule has 2 rings (SSSR count). The van der Waals surface area contributed by atoms with Crippen LogP contribution in [0.2, 0.25) is 0 Å². The molecule has 1 saturated carbocycles. The van der Waals surface area contributed by atoms with Gasteiger partial charge in [0.1, 0.15) is 5.82 Å². The average Bonchev–Trinajstić information content (AvgIpc) is 2.46. The van der Waals surface area contributed by atoms with Gasteiger partial charge in [-0.25, -0.2) is 4.39 Å². The van der Waals surface area contributed by atoms with Crippen molar-refractivity contribution >= 4 is 29.9 Å². The zero-order valence-corrected chi connectivity index (χ0v) is 16.5. The molecular formula is C17H24F4IN3. The van der Waals surface area contributed by atoms with Gasteiger partial charge in [-0.05, 0) is 37.5 Å². The third-order valence-electron chi connectivity index (χ3n) is 4.35. The zero-order chi connectivity index (χ0) is 17.6. The van der Waals surface area contributed by atoms with Crippen molar-refractivity contribution < 1.29 is 17.6 Å². The van der Waals surface area contributed by atoms with E-state index < -0.39 is 12.6 Å². The van der Waals surface area contributed by atoms with Crippen LogP contribution in [0.3, 0.4) is 0 Å². The number of nitrogens with one attached hydrogen (secondary N) is 2. The Morgan fingerprint density at radius 1 is 1.16 bits per heavy atom. The lowest BCUT2D eigenvalue weighted by Crippen LogP contribution is -2.42. The van der Waals surface area contributed by atoms with Crippen LogP contribution in [-0.4, -0.2) is 31.8 Å². The van der Waals surface area contributed by atoms with Gasteiger partial charge in [0.2, 0.25) is 0 Å². The van der Waals surface area contributed by atoms with E-state index in [0.29, 0.717) is 19.0 Å². The summed E-state index contributed by atoms with van der Waals surface area (Å²) in [6, 6.07) is 6.42. The Morgan fingerprint density at radius 2 is 1.80 bits per heavy atom. The average molecular weight is 473 g/mol. The van der Waals surface area contributed by atoms with Crippen molar-refractivity contribution in [2.45, 2.75) is 44.2 Å². The maximum absolute atomic E-state index is 13.1. The number of alkyl halides is 3. The van der Waals surface area contributed by atoms with Gasteiger partial charge < -0.3 is 10.6 Å². The highest BCUT2D eigenvalue weighted by atomic mass is 127. The monoisotopic (exact) mass is 473 g/mol. The highest BCUT2D eigenvalue weighted by Gasteiger charge is 2.38. The quantitative estimate of drug-likeness (QED) is 0.279. The van der Waals surface area contributed by atoms with Crippen molar-refractivity contribution in [3.8, 4) is 0 Å². The molecule has 0 bridgehead atoms. The van der Waals surface area contributed by atoms with Crippen LogP contribution < -0.4 is 10.6 Å². The van der Waals surface area contributed by atoms with Gasteiger partial charge in [-0.15, -0.1) is 24.0 Å². The molecule has 1 aromatic carbocycles. The molecule has 142 valence electrons. The Hall–Kier alpha value is -1.06. The van der Waals surface area contributed by atoms with E-state index >= 15 is 0 Å². The van der Waals surface area contributed by atoms with Crippen molar-refractivity contribution in [3.63, 3.8) is 0 Å². The summed E-state index contributed by atoms with van der Waals surface area (Å²) in [5.41, 5.74) is 0.894. The molecule has 0 aromatic heterocycles. The molecule has 0 aliphatic heterocycles. The maximum atomic E-state index is 13.1. The fourth-order valence-corrected chi connectivity index (χ4v) is 2.84. The molecule has 1 aliphatic carbocycles. The standard InChI is InChI=1S/C17H23F4N3.HI/c1-2-22-15(23-11-10-17(19,20)21)24-12-16(8-3-9-16)13-4-6-14(18)7-5-13;/h4-7H,2-3,8-12H2,1H3,(H2,22,23,24);1H. The molecule has 3 nitrogen and oxygen atoms in total. The van der Waals surface area contributed by atoms with Crippen LogP contribution in [0.4, 0.5) is 17.6 Å². The summed E-state index contributed by atoms with van der Waals surface area (Å²) < 4.78 is 49.9. The van der Waals surface area contributed by atoms with Gasteiger partial charge in [0.25, 0.3) is 0 Å². The Balaban J connectivity index is 0.00000312. The summed E-state index contributed by atoms with van der Waals surface area (Å²) in [4.78, 5) is 4.46. The second kappa shape index (κ2) is 9.59. The molecule has 1 aliphatic rings. The van der Waals surface area contributed by atoms with E-state index in [4.69, 9.17) is 0 Å². The van der Waals surface area contributed by atoms with Crippen LogP contribution in [-0.2, 0) is 5.41 Å². The number of aliphatic imine (C=N–C) groups is 1. The summed E-state index contributed by atoms with van der Waals surface area (Å²) >= 11 is 0. The first-order valence-electron chi connectivity index (χ1n) is 8.20. The zero-order valence-electron chi connectivity index (χ0n) is 14.1. The third kappa shape index (κ3) is 6.63. The number of benzene rings is 1. The number of nitrogens with zero attached hydrogens (tertiary/aromatic N) is 1. The number of rotatable bonds is 6. The minimum atomic E-state index is -4.19. The third-order valence-corrected chi connectivity index (χ3v) is 4.35. The van der Waals surface area contributed by atoms with Gasteiger partial charge in [-0.1, -0.05) is 18.6 Å². The fraction of sp³-hybridized carbons (Fsp3) is 0.588. The van der Waals surface area contributed by atoms with E-state index in [0.717, 1.165) is 24.8 Å². The maximum Gasteiger partial charge on any atom is 0.390 e. The summed E-state index contributed by atoms with van der Waals surface area (Å²) in [5.74, 6) is 0.106. The largest absolute Gasteiger partial charge is 0.390 e. The molecule has 25 heavy (non-hydrogen) atoms. The Kier molecular flexibility index (Phi) is 8.43. The Morgan fingerprint density at radius 3 is 2.28 bits per heavy atom. The van der Waals surface area contributed by atoms with Crippen LogP contribution >= 0.6 is 24.0 Å². The summed E-state index contributed by atoms with van der Waals surface area (Å²) in [5, 5.41) is 5.68. The SMILES string of the molecule is CCNC(=NCC1(c2ccc(F)cc2)CCC1)NCCC(F)(F)F.I. The Bertz CT molecular complexity index is 554. The van der Waals surface area contributed by atoms with Gasteiger partial charge >= 0.3 is 6.18 Å². The molecular weight excluding hydrogens is 449 g/mol. The number of hydrogen-bond acceptors (Lipinski definition) is 1. The summed E-state index contributed by atoms with van der Waals surface area (Å²) in [7, 11) is 0. The fourth-order valence-electron chi connectivity index (χ4n) is 2.84. The molecule has 0 spiro atoms. The van der Waals surface area contributed by atoms with Gasteiger partial charge in [-0.2, -0.15) is 13.2 Å². The molecule has 0 heterocycles. The minimum Gasteiger partial charge on any atom is -0.357 e. The topological polar surface area (TPSA) is 36.4 Å². The van der Waals surface area contributed by atoms with Gasteiger partial charge in [-0.3, -0.25) is 4.99 Å². The number of hydrogen-bond donors (Lipinski definition) is 2. The normalized spacial score (nSPS) is 16.6. The molecule has 0 unspecified atom stereocenters. The summed E-state index contributed by atoms with van der Waals surface area (Å²) in [6.07, 6.45) is -2.12. The van der Waals surface area contributed by atoms with E-state index in [9.17, 15) is 17.6 Å². The van der Waals surface area contributed by atoms with Crippen molar-refractivity contribution in [2.75, 3.05) is 19.6 Å². The van der Waals surface area contributed by atoms with E-state index in [1.54, 1.807) is 12.1 Å². The lowest BCUT2D eigenvalue weighted by Gasteiger charge is -2.41. The second-order valence-corrected chi connectivity index (χ2v) is 6.13. The van der Waals surface area contributed by atoms with Crippen molar-refractivity contribution in [1.82, 2.24) is 10.6 Å². The molecule has 0 radical (unpaired) electrons. The van der Waals surface area contributed by atoms with E-state index in [-0.39, 0.29) is 41.8 Å². The predicted octanol–water partition coefficient (Wildman–Crippen LogP) is 4.37. The molecule has 1 fully saturated rings. The molecule has 0 atom stereocenters. The van der Waals surface area contributed by atoms with Crippen LogP contribution in [0.5, 0.6) is 0 Å². The molecule has 2 N–H and O–H groups in total. The van der Waals surface area contributed by atoms with E-state index in [1.807, 2.05) is 6.92 Å². The van der Waals surface area contributed by atoms with Crippen molar-refractivity contribution in [2.24, 2.45) is 4.99 Å². The summed E-state index contributed by atoms with van der Waals surface area (Å²) in [6.45, 7) is 2.69. The predicted molar refractivity (Wildman–Crippen MR) is 102 cm³/mol. The first kappa shape index (κ1) is 22.0. The number of guanidine groups is 1. The van der Waals surface area contributed by atoms with Gasteiger partial charge in [0.15, 0.2) is 5.96 Å².